The Kier molecular flexibility index (Phi) is 3.69. The van der Waals surface area contributed by atoms with Gasteiger partial charge in [-0.05, 0) is 26.2 Å². The van der Waals surface area contributed by atoms with Gasteiger partial charge in [0.1, 0.15) is 0 Å². The summed E-state index contributed by atoms with van der Waals surface area (Å²) >= 11 is 0. The third kappa shape index (κ3) is 2.67. The van der Waals surface area contributed by atoms with Crippen LogP contribution >= 0.6 is 0 Å². The first-order chi connectivity index (χ1) is 6.15. The van der Waals surface area contributed by atoms with E-state index >= 15 is 0 Å². The molecular weight excluding hydrogens is 170 g/mol. The third-order valence-corrected chi connectivity index (χ3v) is 2.47. The van der Waals surface area contributed by atoms with Crippen molar-refractivity contribution in [3.05, 3.63) is 0 Å². The number of aliphatic hydroxyl groups excluding tert-OH is 1. The van der Waals surface area contributed by atoms with Gasteiger partial charge in [0.05, 0.1) is 18.6 Å². The van der Waals surface area contributed by atoms with Gasteiger partial charge >= 0.3 is 5.97 Å². The van der Waals surface area contributed by atoms with E-state index in [1.165, 1.54) is 0 Å². The predicted molar refractivity (Wildman–Crippen MR) is 48.0 cm³/mol. The van der Waals surface area contributed by atoms with E-state index in [9.17, 15) is 9.90 Å². The molecule has 0 aromatic rings. The first-order valence-electron chi connectivity index (χ1n) is 4.75. The van der Waals surface area contributed by atoms with Crippen molar-refractivity contribution in [3.63, 3.8) is 0 Å². The van der Waals surface area contributed by atoms with Crippen molar-refractivity contribution in [2.75, 3.05) is 6.61 Å². The van der Waals surface area contributed by atoms with Gasteiger partial charge in [0.15, 0.2) is 0 Å². The van der Waals surface area contributed by atoms with Gasteiger partial charge in [-0.3, -0.25) is 4.79 Å². The lowest BCUT2D eigenvalue weighted by atomic mass is 9.83. The van der Waals surface area contributed by atoms with E-state index in [1.54, 1.807) is 6.92 Å². The molecule has 0 spiro atoms. The Labute approximate surface area is 78.1 Å². The molecule has 4 heteroatoms. The summed E-state index contributed by atoms with van der Waals surface area (Å²) in [7, 11) is 0. The molecule has 0 aromatic carbocycles. The first kappa shape index (κ1) is 10.5. The van der Waals surface area contributed by atoms with E-state index in [1.807, 2.05) is 0 Å². The van der Waals surface area contributed by atoms with Crippen LogP contribution in [-0.4, -0.2) is 29.8 Å². The Hall–Kier alpha value is -0.610. The number of carbonyl (C=O) groups is 1. The maximum atomic E-state index is 11.3. The topological polar surface area (TPSA) is 72.5 Å². The molecule has 1 aliphatic carbocycles. The van der Waals surface area contributed by atoms with Crippen LogP contribution < -0.4 is 5.73 Å². The van der Waals surface area contributed by atoms with Crippen LogP contribution in [-0.2, 0) is 9.53 Å². The Morgan fingerprint density at radius 1 is 1.62 bits per heavy atom. The number of nitrogens with two attached hydrogens (primary N) is 1. The van der Waals surface area contributed by atoms with E-state index in [4.69, 9.17) is 10.5 Å². The van der Waals surface area contributed by atoms with E-state index in [2.05, 4.69) is 0 Å². The zero-order chi connectivity index (χ0) is 9.84. The summed E-state index contributed by atoms with van der Waals surface area (Å²) in [5.74, 6) is -0.586. The highest BCUT2D eigenvalue weighted by molar-refractivity contribution is 5.73. The highest BCUT2D eigenvalue weighted by atomic mass is 16.5. The SMILES string of the molecule is CCOC(=O)C1CC(O)CCC1N. The molecule has 1 fully saturated rings. The van der Waals surface area contributed by atoms with Crippen LogP contribution in [0.15, 0.2) is 0 Å². The molecule has 0 aromatic heterocycles. The fourth-order valence-corrected chi connectivity index (χ4v) is 1.69. The monoisotopic (exact) mass is 187 g/mol. The Morgan fingerprint density at radius 2 is 2.31 bits per heavy atom. The minimum Gasteiger partial charge on any atom is -0.466 e. The molecule has 1 aliphatic rings. The van der Waals surface area contributed by atoms with E-state index in [-0.39, 0.29) is 17.9 Å². The predicted octanol–water partition coefficient (Wildman–Crippen LogP) is 0.0378. The number of ether oxygens (including phenoxy) is 1. The van der Waals surface area contributed by atoms with Crippen LogP contribution in [0.1, 0.15) is 26.2 Å². The zero-order valence-corrected chi connectivity index (χ0v) is 7.90. The fraction of sp³-hybridized carbons (Fsp3) is 0.889. The van der Waals surface area contributed by atoms with Crippen molar-refractivity contribution in [1.82, 2.24) is 0 Å². The second-order valence-electron chi connectivity index (χ2n) is 3.49. The minimum absolute atomic E-state index is 0.151. The number of hydrogen-bond acceptors (Lipinski definition) is 4. The van der Waals surface area contributed by atoms with Crippen LogP contribution in [0.3, 0.4) is 0 Å². The van der Waals surface area contributed by atoms with Crippen LogP contribution in [0.25, 0.3) is 0 Å². The van der Waals surface area contributed by atoms with Crippen molar-refractivity contribution in [2.45, 2.75) is 38.3 Å². The summed E-state index contributed by atoms with van der Waals surface area (Å²) in [6.45, 7) is 2.14. The Bertz CT molecular complexity index is 184. The summed E-state index contributed by atoms with van der Waals surface area (Å²) in [4.78, 5) is 11.3. The molecule has 3 N–H and O–H groups in total. The maximum Gasteiger partial charge on any atom is 0.310 e. The second-order valence-corrected chi connectivity index (χ2v) is 3.49. The molecule has 1 saturated carbocycles. The van der Waals surface area contributed by atoms with Crippen molar-refractivity contribution >= 4 is 5.97 Å². The highest BCUT2D eigenvalue weighted by Crippen LogP contribution is 2.24. The van der Waals surface area contributed by atoms with E-state index in [0.717, 1.165) is 0 Å². The van der Waals surface area contributed by atoms with Crippen molar-refractivity contribution in [3.8, 4) is 0 Å². The molecule has 76 valence electrons. The number of rotatable bonds is 2. The Morgan fingerprint density at radius 3 is 2.92 bits per heavy atom. The number of esters is 1. The van der Waals surface area contributed by atoms with Gasteiger partial charge in [0, 0.05) is 6.04 Å². The molecule has 0 saturated heterocycles. The van der Waals surface area contributed by atoms with Gasteiger partial charge in [-0.2, -0.15) is 0 Å². The molecule has 4 nitrogen and oxygen atoms in total. The molecule has 13 heavy (non-hydrogen) atoms. The van der Waals surface area contributed by atoms with Crippen molar-refractivity contribution in [1.29, 1.82) is 0 Å². The van der Waals surface area contributed by atoms with Gasteiger partial charge in [0.25, 0.3) is 0 Å². The van der Waals surface area contributed by atoms with E-state index < -0.39 is 6.10 Å². The summed E-state index contributed by atoms with van der Waals surface area (Å²) in [6.07, 6.45) is 1.44. The number of carbonyl (C=O) groups excluding carboxylic acids is 1. The van der Waals surface area contributed by atoms with Gasteiger partial charge in [0.2, 0.25) is 0 Å². The van der Waals surface area contributed by atoms with Gasteiger partial charge in [-0.15, -0.1) is 0 Å². The molecule has 0 amide bonds. The zero-order valence-electron chi connectivity index (χ0n) is 7.90. The smallest absolute Gasteiger partial charge is 0.310 e. The van der Waals surface area contributed by atoms with Crippen LogP contribution in [0, 0.1) is 5.92 Å². The second kappa shape index (κ2) is 4.58. The van der Waals surface area contributed by atoms with Crippen LogP contribution in [0.2, 0.25) is 0 Å². The average molecular weight is 187 g/mol. The van der Waals surface area contributed by atoms with Crippen molar-refractivity contribution < 1.29 is 14.6 Å². The third-order valence-electron chi connectivity index (χ3n) is 2.47. The molecular formula is C9H17NO3. The summed E-state index contributed by atoms with van der Waals surface area (Å²) in [6, 6.07) is -0.151. The first-order valence-corrected chi connectivity index (χ1v) is 4.75. The maximum absolute atomic E-state index is 11.3. The normalized spacial score (nSPS) is 34.2. The van der Waals surface area contributed by atoms with Gasteiger partial charge in [-0.1, -0.05) is 0 Å². The quantitative estimate of drug-likeness (QED) is 0.598. The molecule has 0 heterocycles. The average Bonchev–Trinajstić information content (AvgIpc) is 2.09. The number of hydrogen-bond donors (Lipinski definition) is 2. The number of aliphatic hydroxyl groups is 1. The lowest BCUT2D eigenvalue weighted by molar-refractivity contribution is -0.151. The molecule has 0 aliphatic heterocycles. The molecule has 1 rings (SSSR count). The van der Waals surface area contributed by atoms with Crippen LogP contribution in [0.4, 0.5) is 0 Å². The summed E-state index contributed by atoms with van der Waals surface area (Å²) in [5.41, 5.74) is 5.76. The fourth-order valence-electron chi connectivity index (χ4n) is 1.69. The van der Waals surface area contributed by atoms with Crippen LogP contribution in [0.5, 0.6) is 0 Å². The van der Waals surface area contributed by atoms with E-state index in [0.29, 0.717) is 25.9 Å². The molecule has 3 unspecified atom stereocenters. The highest BCUT2D eigenvalue weighted by Gasteiger charge is 2.33. The van der Waals surface area contributed by atoms with Gasteiger partial charge in [-0.25, -0.2) is 0 Å². The molecule has 0 bridgehead atoms. The summed E-state index contributed by atoms with van der Waals surface area (Å²) in [5, 5.41) is 9.35. The minimum atomic E-state index is -0.394. The van der Waals surface area contributed by atoms with Gasteiger partial charge < -0.3 is 15.6 Å². The lowest BCUT2D eigenvalue weighted by Crippen LogP contribution is -2.42. The largest absolute Gasteiger partial charge is 0.466 e. The molecule has 0 radical (unpaired) electrons. The summed E-state index contributed by atoms with van der Waals surface area (Å²) < 4.78 is 4.87. The standard InChI is InChI=1S/C9H17NO3/c1-2-13-9(12)7-5-6(11)3-4-8(7)10/h6-8,11H,2-5,10H2,1H3. The Balaban J connectivity index is 2.50. The molecule has 3 atom stereocenters. The van der Waals surface area contributed by atoms with Crippen molar-refractivity contribution in [2.24, 2.45) is 11.7 Å². The lowest BCUT2D eigenvalue weighted by Gasteiger charge is -2.29.